The van der Waals surface area contributed by atoms with Crippen LogP contribution in [-0.2, 0) is 6.54 Å². The van der Waals surface area contributed by atoms with Crippen LogP contribution in [0, 0.1) is 0 Å². The smallest absolute Gasteiger partial charge is 0.142 e. The topological polar surface area (TPSA) is 41.5 Å². The fraction of sp³-hybridized carbons (Fsp3) is 0.571. The molecule has 1 aromatic rings. The molecule has 0 saturated carbocycles. The molecule has 1 unspecified atom stereocenters. The summed E-state index contributed by atoms with van der Waals surface area (Å²) in [6, 6.07) is 3.46. The molecule has 0 saturated heterocycles. The summed E-state index contributed by atoms with van der Waals surface area (Å²) >= 11 is 12.2. The lowest BCUT2D eigenvalue weighted by Gasteiger charge is -2.22. The minimum Gasteiger partial charge on any atom is -0.489 e. The molecule has 0 aliphatic heterocycles. The highest BCUT2D eigenvalue weighted by Gasteiger charge is 2.15. The van der Waals surface area contributed by atoms with E-state index in [1.807, 2.05) is 6.07 Å². The van der Waals surface area contributed by atoms with Crippen LogP contribution in [0.4, 0.5) is 0 Å². The number of halogens is 2. The van der Waals surface area contributed by atoms with Gasteiger partial charge in [0, 0.05) is 22.7 Å². The first-order valence-electron chi connectivity index (χ1n) is 6.23. The summed E-state index contributed by atoms with van der Waals surface area (Å²) in [7, 11) is 0. The average molecular weight is 306 g/mol. The molecule has 0 bridgehead atoms. The van der Waals surface area contributed by atoms with Gasteiger partial charge in [-0.3, -0.25) is 0 Å². The van der Waals surface area contributed by atoms with E-state index in [0.29, 0.717) is 22.3 Å². The lowest BCUT2D eigenvalue weighted by molar-refractivity contribution is 0.122. The highest BCUT2D eigenvalue weighted by atomic mass is 35.5. The van der Waals surface area contributed by atoms with Gasteiger partial charge < -0.3 is 15.2 Å². The van der Waals surface area contributed by atoms with Crippen LogP contribution in [-0.4, -0.2) is 23.4 Å². The van der Waals surface area contributed by atoms with Crippen LogP contribution in [0.25, 0.3) is 0 Å². The number of aliphatic hydroxyl groups excluding tert-OH is 1. The van der Waals surface area contributed by atoms with Crippen molar-refractivity contribution in [3.63, 3.8) is 0 Å². The minimum atomic E-state index is -0.546. The van der Waals surface area contributed by atoms with Crippen molar-refractivity contribution in [2.75, 3.05) is 6.61 Å². The Morgan fingerprint density at radius 2 is 1.95 bits per heavy atom. The Labute approximate surface area is 124 Å². The fourth-order valence-electron chi connectivity index (χ4n) is 1.47. The summed E-state index contributed by atoms with van der Waals surface area (Å²) in [4.78, 5) is 0. The Balaban J connectivity index is 2.92. The van der Waals surface area contributed by atoms with E-state index in [-0.39, 0.29) is 12.1 Å². The van der Waals surface area contributed by atoms with Crippen LogP contribution >= 0.6 is 23.2 Å². The Morgan fingerprint density at radius 3 is 2.47 bits per heavy atom. The molecule has 1 aromatic carbocycles. The summed E-state index contributed by atoms with van der Waals surface area (Å²) in [6.07, 6.45) is -0.546. The van der Waals surface area contributed by atoms with Crippen molar-refractivity contribution in [1.82, 2.24) is 5.32 Å². The lowest BCUT2D eigenvalue weighted by Crippen LogP contribution is -2.35. The first-order chi connectivity index (χ1) is 8.69. The standard InChI is InChI=1S/C14H21Cl2NO2/c1-9(18)8-19-13-10(7-17-14(2,3)4)5-11(15)6-12(13)16/h5-6,9,17-18H,7-8H2,1-4H3. The summed E-state index contributed by atoms with van der Waals surface area (Å²) < 4.78 is 5.57. The maximum atomic E-state index is 9.30. The van der Waals surface area contributed by atoms with Crippen molar-refractivity contribution in [2.45, 2.75) is 45.9 Å². The second-order valence-corrected chi connectivity index (χ2v) is 6.48. The molecule has 0 fully saturated rings. The van der Waals surface area contributed by atoms with Gasteiger partial charge in [-0.15, -0.1) is 0 Å². The summed E-state index contributed by atoms with van der Waals surface area (Å²) in [5, 5.41) is 13.7. The Hall–Kier alpha value is -0.480. The predicted octanol–water partition coefficient (Wildman–Crippen LogP) is 3.64. The largest absolute Gasteiger partial charge is 0.489 e. The summed E-state index contributed by atoms with van der Waals surface area (Å²) in [6.45, 7) is 8.69. The molecule has 1 rings (SSSR count). The molecule has 19 heavy (non-hydrogen) atoms. The fourth-order valence-corrected chi connectivity index (χ4v) is 2.06. The van der Waals surface area contributed by atoms with Gasteiger partial charge in [0.1, 0.15) is 12.4 Å². The monoisotopic (exact) mass is 305 g/mol. The van der Waals surface area contributed by atoms with Gasteiger partial charge in [-0.2, -0.15) is 0 Å². The van der Waals surface area contributed by atoms with Crippen molar-refractivity contribution in [1.29, 1.82) is 0 Å². The molecule has 0 aliphatic carbocycles. The number of nitrogens with one attached hydrogen (secondary N) is 1. The molecule has 2 N–H and O–H groups in total. The van der Waals surface area contributed by atoms with Gasteiger partial charge in [-0.05, 0) is 39.8 Å². The molecule has 0 spiro atoms. The molecule has 3 nitrogen and oxygen atoms in total. The predicted molar refractivity (Wildman–Crippen MR) is 80.2 cm³/mol. The van der Waals surface area contributed by atoms with Crippen molar-refractivity contribution in [3.05, 3.63) is 27.7 Å². The van der Waals surface area contributed by atoms with E-state index in [4.69, 9.17) is 27.9 Å². The van der Waals surface area contributed by atoms with E-state index in [1.54, 1.807) is 13.0 Å². The van der Waals surface area contributed by atoms with Crippen molar-refractivity contribution >= 4 is 23.2 Å². The van der Waals surface area contributed by atoms with E-state index in [0.717, 1.165) is 5.56 Å². The maximum Gasteiger partial charge on any atom is 0.142 e. The Kier molecular flexibility index (Phi) is 5.93. The molecule has 5 heteroatoms. The first-order valence-corrected chi connectivity index (χ1v) is 6.98. The SMILES string of the molecule is CC(O)COc1c(Cl)cc(Cl)cc1CNC(C)(C)C. The van der Waals surface area contributed by atoms with E-state index in [2.05, 4.69) is 26.1 Å². The van der Waals surface area contributed by atoms with E-state index < -0.39 is 6.10 Å². The highest BCUT2D eigenvalue weighted by molar-refractivity contribution is 6.35. The van der Waals surface area contributed by atoms with Crippen LogP contribution in [0.15, 0.2) is 12.1 Å². The lowest BCUT2D eigenvalue weighted by atomic mass is 10.1. The molecule has 108 valence electrons. The van der Waals surface area contributed by atoms with Gasteiger partial charge >= 0.3 is 0 Å². The number of ether oxygens (including phenoxy) is 1. The van der Waals surface area contributed by atoms with E-state index in [9.17, 15) is 5.11 Å². The minimum absolute atomic E-state index is 0.0175. The number of benzene rings is 1. The average Bonchev–Trinajstić information content (AvgIpc) is 2.23. The molecule has 0 heterocycles. The molecule has 0 aliphatic rings. The Bertz CT molecular complexity index is 428. The van der Waals surface area contributed by atoms with Crippen LogP contribution in [0.1, 0.15) is 33.3 Å². The third-order valence-corrected chi connectivity index (χ3v) is 2.86. The normalized spacial score (nSPS) is 13.4. The quantitative estimate of drug-likeness (QED) is 0.872. The van der Waals surface area contributed by atoms with Gasteiger partial charge in [-0.25, -0.2) is 0 Å². The molecule has 0 aromatic heterocycles. The highest BCUT2D eigenvalue weighted by Crippen LogP contribution is 2.32. The van der Waals surface area contributed by atoms with Crippen LogP contribution < -0.4 is 10.1 Å². The zero-order chi connectivity index (χ0) is 14.6. The van der Waals surface area contributed by atoms with Gasteiger partial charge in [0.25, 0.3) is 0 Å². The third-order valence-electron chi connectivity index (χ3n) is 2.36. The van der Waals surface area contributed by atoms with Gasteiger partial charge in [0.15, 0.2) is 0 Å². The van der Waals surface area contributed by atoms with E-state index >= 15 is 0 Å². The first kappa shape index (κ1) is 16.6. The van der Waals surface area contributed by atoms with Crippen molar-refractivity contribution in [3.8, 4) is 5.75 Å². The van der Waals surface area contributed by atoms with Gasteiger partial charge in [0.2, 0.25) is 0 Å². The molecule has 0 radical (unpaired) electrons. The molecular formula is C14H21Cl2NO2. The second-order valence-electron chi connectivity index (χ2n) is 5.64. The zero-order valence-electron chi connectivity index (χ0n) is 11.8. The number of hydrogen-bond acceptors (Lipinski definition) is 3. The second kappa shape index (κ2) is 6.80. The van der Waals surface area contributed by atoms with Crippen molar-refractivity contribution in [2.24, 2.45) is 0 Å². The van der Waals surface area contributed by atoms with Crippen LogP contribution in [0.5, 0.6) is 5.75 Å². The Morgan fingerprint density at radius 1 is 1.32 bits per heavy atom. The van der Waals surface area contributed by atoms with Gasteiger partial charge in [0.05, 0.1) is 11.1 Å². The summed E-state index contributed by atoms with van der Waals surface area (Å²) in [5.41, 5.74) is 0.865. The maximum absolute atomic E-state index is 9.30. The van der Waals surface area contributed by atoms with Gasteiger partial charge in [-0.1, -0.05) is 23.2 Å². The third kappa shape index (κ3) is 6.00. The molecular weight excluding hydrogens is 285 g/mol. The van der Waals surface area contributed by atoms with Crippen LogP contribution in [0.2, 0.25) is 10.0 Å². The zero-order valence-corrected chi connectivity index (χ0v) is 13.3. The summed E-state index contributed by atoms with van der Waals surface area (Å²) in [5.74, 6) is 0.573. The molecule has 0 amide bonds. The number of aliphatic hydroxyl groups is 1. The number of rotatable bonds is 5. The van der Waals surface area contributed by atoms with E-state index in [1.165, 1.54) is 0 Å². The molecule has 1 atom stereocenters. The van der Waals surface area contributed by atoms with Crippen molar-refractivity contribution < 1.29 is 9.84 Å². The van der Waals surface area contributed by atoms with Crippen LogP contribution in [0.3, 0.4) is 0 Å². The number of hydrogen-bond donors (Lipinski definition) is 2.